The highest BCUT2D eigenvalue weighted by Crippen LogP contribution is 2.33. The molecule has 3 unspecified atom stereocenters. The Morgan fingerprint density at radius 3 is 2.81 bits per heavy atom. The Morgan fingerprint density at radius 2 is 2.05 bits per heavy atom. The summed E-state index contributed by atoms with van der Waals surface area (Å²) in [6.45, 7) is 1.96. The van der Waals surface area contributed by atoms with E-state index in [4.69, 9.17) is 15.2 Å². The van der Waals surface area contributed by atoms with Crippen LogP contribution in [0, 0.1) is 5.92 Å². The summed E-state index contributed by atoms with van der Waals surface area (Å²) in [5.74, 6) is 1.94. The summed E-state index contributed by atoms with van der Waals surface area (Å²) in [6, 6.07) is 6.43. The molecule has 0 aromatic heterocycles. The lowest BCUT2D eigenvalue weighted by Crippen LogP contribution is -2.39. The minimum atomic E-state index is 0.0815. The molecule has 4 N–H and O–H groups in total. The third-order valence-corrected chi connectivity index (χ3v) is 4.51. The Morgan fingerprint density at radius 1 is 1.24 bits per heavy atom. The van der Waals surface area contributed by atoms with Crippen LogP contribution in [0.5, 0.6) is 11.5 Å². The second-order valence-corrected chi connectivity index (χ2v) is 5.84. The summed E-state index contributed by atoms with van der Waals surface area (Å²) in [5.41, 5.74) is 7.06. The van der Waals surface area contributed by atoms with Gasteiger partial charge < -0.3 is 25.6 Å². The molecule has 1 heterocycles. The van der Waals surface area contributed by atoms with E-state index in [0.717, 1.165) is 29.9 Å². The van der Waals surface area contributed by atoms with Crippen molar-refractivity contribution in [1.29, 1.82) is 0 Å². The molecule has 0 saturated heterocycles. The lowest BCUT2D eigenvalue weighted by molar-refractivity contribution is 0.171. The fraction of sp³-hybridized carbons (Fsp3) is 0.625. The number of nitrogens with one attached hydrogen (secondary N) is 1. The number of aliphatic hydroxyl groups is 1. The van der Waals surface area contributed by atoms with Gasteiger partial charge in [0.25, 0.3) is 0 Å². The number of nitrogens with two attached hydrogens (primary N) is 1. The second-order valence-electron chi connectivity index (χ2n) is 5.84. The predicted octanol–water partition coefficient (Wildman–Crippen LogP) is 1.21. The number of aliphatic hydroxyl groups excluding tert-OH is 1. The summed E-state index contributed by atoms with van der Waals surface area (Å²) in [5, 5.41) is 13.1. The van der Waals surface area contributed by atoms with Crippen LogP contribution in [0.3, 0.4) is 0 Å². The van der Waals surface area contributed by atoms with Gasteiger partial charge in [0.15, 0.2) is 11.5 Å². The van der Waals surface area contributed by atoms with Gasteiger partial charge in [-0.3, -0.25) is 0 Å². The maximum absolute atomic E-state index is 9.44. The molecule has 0 spiro atoms. The highest BCUT2D eigenvalue weighted by atomic mass is 16.6. The predicted molar refractivity (Wildman–Crippen MR) is 80.6 cm³/mol. The molecule has 1 saturated carbocycles. The van der Waals surface area contributed by atoms with Crippen molar-refractivity contribution in [2.75, 3.05) is 26.4 Å². The van der Waals surface area contributed by atoms with Crippen LogP contribution in [0.2, 0.25) is 0 Å². The van der Waals surface area contributed by atoms with E-state index in [1.807, 2.05) is 18.2 Å². The van der Waals surface area contributed by atoms with E-state index < -0.39 is 0 Å². The molecular formula is C16H24N2O3. The quantitative estimate of drug-likeness (QED) is 0.760. The first-order chi connectivity index (χ1) is 10.3. The molecule has 5 nitrogen and oxygen atoms in total. The van der Waals surface area contributed by atoms with Crippen molar-refractivity contribution in [3.63, 3.8) is 0 Å². The van der Waals surface area contributed by atoms with Crippen molar-refractivity contribution in [2.24, 2.45) is 11.7 Å². The van der Waals surface area contributed by atoms with E-state index >= 15 is 0 Å². The Kier molecular flexibility index (Phi) is 4.63. The van der Waals surface area contributed by atoms with Crippen molar-refractivity contribution in [3.8, 4) is 11.5 Å². The highest BCUT2D eigenvalue weighted by Gasteiger charge is 2.28. The van der Waals surface area contributed by atoms with E-state index in [1.54, 1.807) is 0 Å². The molecule has 21 heavy (non-hydrogen) atoms. The molecule has 1 aliphatic heterocycles. The van der Waals surface area contributed by atoms with Gasteiger partial charge in [-0.15, -0.1) is 0 Å². The fourth-order valence-electron chi connectivity index (χ4n) is 3.31. The first kappa shape index (κ1) is 14.6. The van der Waals surface area contributed by atoms with Gasteiger partial charge >= 0.3 is 0 Å². The molecule has 3 rings (SSSR count). The van der Waals surface area contributed by atoms with Crippen LogP contribution in [0.25, 0.3) is 0 Å². The van der Waals surface area contributed by atoms with Crippen molar-refractivity contribution in [2.45, 2.75) is 31.3 Å². The van der Waals surface area contributed by atoms with Crippen LogP contribution in [-0.2, 0) is 0 Å². The standard InChI is InChI=1S/C16H24N2O3/c17-9-14(18-13-3-1-2-12(13)10-19)11-4-5-15-16(8-11)21-7-6-20-15/h4-5,8,12-14,18-19H,1-3,6-7,9-10,17H2. The average Bonchev–Trinajstić information content (AvgIpc) is 2.99. The molecule has 1 fully saturated rings. The van der Waals surface area contributed by atoms with Crippen LogP contribution in [0.1, 0.15) is 30.9 Å². The van der Waals surface area contributed by atoms with Crippen LogP contribution in [-0.4, -0.2) is 37.5 Å². The summed E-state index contributed by atoms with van der Waals surface area (Å²) in [4.78, 5) is 0. The largest absolute Gasteiger partial charge is 0.486 e. The number of ether oxygens (including phenoxy) is 2. The minimum absolute atomic E-state index is 0.0815. The lowest BCUT2D eigenvalue weighted by atomic mass is 10.0. The van der Waals surface area contributed by atoms with Crippen molar-refractivity contribution in [1.82, 2.24) is 5.32 Å². The normalized spacial score (nSPS) is 25.8. The molecule has 116 valence electrons. The fourth-order valence-corrected chi connectivity index (χ4v) is 3.31. The first-order valence-corrected chi connectivity index (χ1v) is 7.78. The molecule has 0 bridgehead atoms. The number of hydrogen-bond acceptors (Lipinski definition) is 5. The summed E-state index contributed by atoms with van der Waals surface area (Å²) >= 11 is 0. The van der Waals surface area contributed by atoms with Crippen LogP contribution < -0.4 is 20.5 Å². The summed E-state index contributed by atoms with van der Waals surface area (Å²) in [6.07, 6.45) is 3.36. The Balaban J connectivity index is 1.73. The highest BCUT2D eigenvalue weighted by molar-refractivity contribution is 5.44. The zero-order valence-electron chi connectivity index (χ0n) is 12.3. The SMILES string of the molecule is NCC(NC1CCCC1CO)c1ccc2c(c1)OCCO2. The molecular weight excluding hydrogens is 268 g/mol. The van der Waals surface area contributed by atoms with Gasteiger partial charge in [-0.2, -0.15) is 0 Å². The second kappa shape index (κ2) is 6.64. The summed E-state index contributed by atoms with van der Waals surface area (Å²) < 4.78 is 11.2. The van der Waals surface area contributed by atoms with E-state index in [9.17, 15) is 5.11 Å². The number of benzene rings is 1. The molecule has 2 aliphatic rings. The van der Waals surface area contributed by atoms with Crippen LogP contribution >= 0.6 is 0 Å². The smallest absolute Gasteiger partial charge is 0.161 e. The zero-order chi connectivity index (χ0) is 14.7. The summed E-state index contributed by atoms with van der Waals surface area (Å²) in [7, 11) is 0. The van der Waals surface area contributed by atoms with E-state index in [-0.39, 0.29) is 12.6 Å². The maximum atomic E-state index is 9.44. The van der Waals surface area contributed by atoms with Crippen molar-refractivity contribution in [3.05, 3.63) is 23.8 Å². The molecule has 1 aromatic rings. The molecule has 0 radical (unpaired) electrons. The molecule has 1 aliphatic carbocycles. The maximum Gasteiger partial charge on any atom is 0.161 e. The average molecular weight is 292 g/mol. The molecule has 3 atom stereocenters. The van der Waals surface area contributed by atoms with E-state index in [2.05, 4.69) is 5.32 Å². The third kappa shape index (κ3) is 3.15. The van der Waals surface area contributed by atoms with Gasteiger partial charge in [-0.25, -0.2) is 0 Å². The Bertz CT molecular complexity index is 481. The van der Waals surface area contributed by atoms with Gasteiger partial charge in [0.1, 0.15) is 13.2 Å². The van der Waals surface area contributed by atoms with Gasteiger partial charge in [-0.05, 0) is 36.5 Å². The van der Waals surface area contributed by atoms with E-state index in [0.29, 0.717) is 31.7 Å². The van der Waals surface area contributed by atoms with Crippen molar-refractivity contribution < 1.29 is 14.6 Å². The first-order valence-electron chi connectivity index (χ1n) is 7.78. The molecule has 1 aromatic carbocycles. The van der Waals surface area contributed by atoms with Gasteiger partial charge in [0.2, 0.25) is 0 Å². The topological polar surface area (TPSA) is 76.7 Å². The van der Waals surface area contributed by atoms with Gasteiger partial charge in [-0.1, -0.05) is 12.5 Å². The minimum Gasteiger partial charge on any atom is -0.486 e. The Hall–Kier alpha value is -1.30. The van der Waals surface area contributed by atoms with Crippen LogP contribution in [0.15, 0.2) is 18.2 Å². The zero-order valence-corrected chi connectivity index (χ0v) is 12.3. The van der Waals surface area contributed by atoms with Gasteiger partial charge in [0.05, 0.1) is 0 Å². The number of fused-ring (bicyclic) bond motifs is 1. The lowest BCUT2D eigenvalue weighted by Gasteiger charge is -2.27. The van der Waals surface area contributed by atoms with Crippen LogP contribution in [0.4, 0.5) is 0 Å². The van der Waals surface area contributed by atoms with E-state index in [1.165, 1.54) is 6.42 Å². The monoisotopic (exact) mass is 292 g/mol. The Labute approximate surface area is 125 Å². The number of hydrogen-bond donors (Lipinski definition) is 3. The molecule has 5 heteroatoms. The number of rotatable bonds is 5. The van der Waals surface area contributed by atoms with Crippen molar-refractivity contribution >= 4 is 0 Å². The van der Waals surface area contributed by atoms with Gasteiger partial charge in [0, 0.05) is 25.2 Å². The third-order valence-electron chi connectivity index (χ3n) is 4.51. The molecule has 0 amide bonds.